The predicted molar refractivity (Wildman–Crippen MR) is 98.9 cm³/mol. The number of aromatic nitrogens is 2. The highest BCUT2D eigenvalue weighted by Crippen LogP contribution is 2.28. The maximum Gasteiger partial charge on any atom is 0.340 e. The van der Waals surface area contributed by atoms with Crippen molar-refractivity contribution in [2.24, 2.45) is 0 Å². The number of halogens is 1. The van der Waals surface area contributed by atoms with Crippen molar-refractivity contribution in [3.8, 4) is 0 Å². The van der Waals surface area contributed by atoms with Gasteiger partial charge in [-0.25, -0.2) is 9.31 Å². The molecule has 0 atom stereocenters. The Kier molecular flexibility index (Phi) is 3.93. The number of ether oxygens (including phenoxy) is 1. The van der Waals surface area contributed by atoms with Gasteiger partial charge in [0.15, 0.2) is 0 Å². The van der Waals surface area contributed by atoms with Gasteiger partial charge in [-0.3, -0.25) is 4.79 Å². The maximum absolute atomic E-state index is 13.0. The Hall–Kier alpha value is -3.18. The molecule has 0 spiro atoms. The lowest BCUT2D eigenvalue weighted by atomic mass is 10.1. The number of carbonyl (C=O) groups excluding carboxylic acids is 2. The lowest BCUT2D eigenvalue weighted by Crippen LogP contribution is -2.07. The number of carbonyl (C=O) groups is 2. The summed E-state index contributed by atoms with van der Waals surface area (Å²) >= 11 is 6.17. The van der Waals surface area contributed by atoms with E-state index in [0.717, 1.165) is 10.8 Å². The molecule has 0 amide bonds. The first-order valence-corrected chi connectivity index (χ1v) is 8.26. The molecule has 6 heteroatoms. The van der Waals surface area contributed by atoms with Crippen molar-refractivity contribution < 1.29 is 14.3 Å². The molecular formula is C20H13ClN2O3. The average Bonchev–Trinajstić information content (AvgIpc) is 3.07. The van der Waals surface area contributed by atoms with Crippen LogP contribution in [0.4, 0.5) is 0 Å². The number of rotatable bonds is 3. The minimum absolute atomic E-state index is 0.249. The summed E-state index contributed by atoms with van der Waals surface area (Å²) in [6.45, 7) is 0. The Balaban J connectivity index is 2.05. The van der Waals surface area contributed by atoms with Gasteiger partial charge in [0, 0.05) is 16.3 Å². The second kappa shape index (κ2) is 6.28. The largest absolute Gasteiger partial charge is 0.465 e. The van der Waals surface area contributed by atoms with Gasteiger partial charge in [-0.2, -0.15) is 5.10 Å². The summed E-state index contributed by atoms with van der Waals surface area (Å²) in [4.78, 5) is 25.4. The summed E-state index contributed by atoms with van der Waals surface area (Å²) in [7, 11) is 1.31. The SMILES string of the molecule is COC(=O)c1cc(C(=O)c2ccccc2Cl)n2ncc3ccccc3c12. The van der Waals surface area contributed by atoms with E-state index in [0.29, 0.717) is 16.1 Å². The molecule has 0 N–H and O–H groups in total. The Bertz CT molecular complexity index is 1180. The zero-order valence-corrected chi connectivity index (χ0v) is 14.5. The van der Waals surface area contributed by atoms with Crippen LogP contribution in [0.2, 0.25) is 5.02 Å². The fourth-order valence-electron chi connectivity index (χ4n) is 3.04. The zero-order chi connectivity index (χ0) is 18.3. The van der Waals surface area contributed by atoms with Crippen molar-refractivity contribution in [1.82, 2.24) is 9.61 Å². The van der Waals surface area contributed by atoms with Crippen molar-refractivity contribution in [3.05, 3.63) is 82.6 Å². The number of benzene rings is 2. The van der Waals surface area contributed by atoms with E-state index in [9.17, 15) is 9.59 Å². The quantitative estimate of drug-likeness (QED) is 0.404. The third-order valence-corrected chi connectivity index (χ3v) is 4.59. The van der Waals surface area contributed by atoms with Crippen LogP contribution in [0.3, 0.4) is 0 Å². The summed E-state index contributed by atoms with van der Waals surface area (Å²) in [5.74, 6) is -0.845. The molecule has 2 aromatic carbocycles. The highest BCUT2D eigenvalue weighted by Gasteiger charge is 2.24. The molecule has 2 heterocycles. The van der Waals surface area contributed by atoms with Crippen LogP contribution < -0.4 is 0 Å². The fourth-order valence-corrected chi connectivity index (χ4v) is 3.26. The van der Waals surface area contributed by atoms with Gasteiger partial charge in [-0.05, 0) is 18.2 Å². The first-order chi connectivity index (χ1) is 12.6. The molecule has 0 radical (unpaired) electrons. The van der Waals surface area contributed by atoms with Crippen molar-refractivity contribution in [2.75, 3.05) is 7.11 Å². The number of nitrogens with zero attached hydrogens (tertiary/aromatic N) is 2. The van der Waals surface area contributed by atoms with E-state index >= 15 is 0 Å². The maximum atomic E-state index is 13.0. The summed E-state index contributed by atoms with van der Waals surface area (Å²) in [6, 6.07) is 15.8. The molecule has 0 aliphatic carbocycles. The molecule has 4 rings (SSSR count). The molecule has 0 saturated heterocycles. The van der Waals surface area contributed by atoms with Crippen LogP contribution >= 0.6 is 11.6 Å². The summed E-state index contributed by atoms with van der Waals surface area (Å²) < 4.78 is 6.37. The molecule has 0 fully saturated rings. The third kappa shape index (κ3) is 2.45. The molecular weight excluding hydrogens is 352 g/mol. The molecule has 0 aliphatic heterocycles. The average molecular weight is 365 g/mol. The van der Waals surface area contributed by atoms with Crippen LogP contribution in [0.5, 0.6) is 0 Å². The van der Waals surface area contributed by atoms with Gasteiger partial charge < -0.3 is 4.74 Å². The lowest BCUT2D eigenvalue weighted by Gasteiger charge is -2.06. The number of ketones is 1. The van der Waals surface area contributed by atoms with Crippen LogP contribution in [0.15, 0.2) is 60.8 Å². The molecule has 26 heavy (non-hydrogen) atoms. The third-order valence-electron chi connectivity index (χ3n) is 4.26. The Morgan fingerprint density at radius 2 is 1.77 bits per heavy atom. The molecule has 4 aromatic rings. The highest BCUT2D eigenvalue weighted by molar-refractivity contribution is 6.35. The van der Waals surface area contributed by atoms with Gasteiger partial charge in [-0.1, -0.05) is 48.0 Å². The van der Waals surface area contributed by atoms with E-state index in [-0.39, 0.29) is 17.0 Å². The second-order valence-electron chi connectivity index (χ2n) is 5.74. The normalized spacial score (nSPS) is 11.0. The van der Waals surface area contributed by atoms with Crippen LogP contribution in [-0.2, 0) is 4.74 Å². The van der Waals surface area contributed by atoms with Gasteiger partial charge in [0.05, 0.1) is 29.4 Å². The number of methoxy groups -OCH3 is 1. The lowest BCUT2D eigenvalue weighted by molar-refractivity contribution is 0.0603. The summed E-state index contributed by atoms with van der Waals surface area (Å²) in [5, 5.41) is 6.38. The Labute approximate surface area is 153 Å². The van der Waals surface area contributed by atoms with E-state index in [2.05, 4.69) is 5.10 Å². The van der Waals surface area contributed by atoms with Crippen LogP contribution in [0.25, 0.3) is 16.3 Å². The summed E-state index contributed by atoms with van der Waals surface area (Å²) in [5.41, 5.74) is 1.41. The smallest absolute Gasteiger partial charge is 0.340 e. The molecule has 0 unspecified atom stereocenters. The first kappa shape index (κ1) is 16.3. The highest BCUT2D eigenvalue weighted by atomic mass is 35.5. The van der Waals surface area contributed by atoms with E-state index in [4.69, 9.17) is 16.3 Å². The second-order valence-corrected chi connectivity index (χ2v) is 6.14. The Morgan fingerprint density at radius 3 is 2.54 bits per heavy atom. The van der Waals surface area contributed by atoms with Gasteiger partial charge in [0.2, 0.25) is 5.78 Å². The zero-order valence-electron chi connectivity index (χ0n) is 13.8. The van der Waals surface area contributed by atoms with Crippen LogP contribution in [0, 0.1) is 0 Å². The minimum atomic E-state index is -0.529. The number of fused-ring (bicyclic) bond motifs is 3. The van der Waals surface area contributed by atoms with E-state index in [1.807, 2.05) is 24.3 Å². The van der Waals surface area contributed by atoms with E-state index in [1.165, 1.54) is 17.7 Å². The van der Waals surface area contributed by atoms with E-state index < -0.39 is 5.97 Å². The summed E-state index contributed by atoms with van der Waals surface area (Å²) in [6.07, 6.45) is 1.66. The van der Waals surface area contributed by atoms with Crippen molar-refractivity contribution in [2.45, 2.75) is 0 Å². The van der Waals surface area contributed by atoms with Gasteiger partial charge in [0.25, 0.3) is 0 Å². The molecule has 0 aliphatic rings. The topological polar surface area (TPSA) is 60.7 Å². The predicted octanol–water partition coefficient (Wildman–Crippen LogP) is 4.16. The van der Waals surface area contributed by atoms with Crippen molar-refractivity contribution in [1.29, 1.82) is 0 Å². The Morgan fingerprint density at radius 1 is 1.04 bits per heavy atom. The molecule has 0 bridgehead atoms. The van der Waals surface area contributed by atoms with Gasteiger partial charge >= 0.3 is 5.97 Å². The van der Waals surface area contributed by atoms with Gasteiger partial charge in [-0.15, -0.1) is 0 Å². The molecule has 2 aromatic heterocycles. The van der Waals surface area contributed by atoms with Crippen molar-refractivity contribution in [3.63, 3.8) is 0 Å². The number of esters is 1. The monoisotopic (exact) mass is 364 g/mol. The van der Waals surface area contributed by atoms with Crippen LogP contribution in [-0.4, -0.2) is 28.5 Å². The van der Waals surface area contributed by atoms with Gasteiger partial charge in [0.1, 0.15) is 5.69 Å². The first-order valence-electron chi connectivity index (χ1n) is 7.89. The molecule has 5 nitrogen and oxygen atoms in total. The van der Waals surface area contributed by atoms with Crippen LogP contribution in [0.1, 0.15) is 26.4 Å². The van der Waals surface area contributed by atoms with E-state index in [1.54, 1.807) is 30.5 Å². The standard InChI is InChI=1S/C20H13ClN2O3/c1-26-20(25)15-10-17(19(24)14-8-4-5-9-16(14)21)23-18(15)13-7-3-2-6-12(13)11-22-23/h2-11H,1H3. The fraction of sp³-hybridized carbons (Fsp3) is 0.0500. The molecule has 0 saturated carbocycles. The number of hydrogen-bond donors (Lipinski definition) is 0. The minimum Gasteiger partial charge on any atom is -0.465 e. The number of hydrogen-bond acceptors (Lipinski definition) is 4. The molecule has 128 valence electrons. The van der Waals surface area contributed by atoms with Crippen molar-refractivity contribution >= 4 is 39.6 Å².